The molecule has 1 unspecified atom stereocenters. The Bertz CT molecular complexity index is 872. The molecule has 1 amide bonds. The van der Waals surface area contributed by atoms with Crippen molar-refractivity contribution in [3.63, 3.8) is 0 Å². The molecule has 2 aliphatic rings. The molecule has 0 N–H and O–H groups in total. The number of nitrogens with zero attached hydrogens (tertiary/aromatic N) is 2. The van der Waals surface area contributed by atoms with Gasteiger partial charge in [0.1, 0.15) is 5.75 Å². The zero-order valence-electron chi connectivity index (χ0n) is 19.2. The quantitative estimate of drug-likeness (QED) is 0.677. The van der Waals surface area contributed by atoms with Gasteiger partial charge in [0, 0.05) is 24.6 Å². The Balaban J connectivity index is 1.39. The lowest BCUT2D eigenvalue weighted by Gasteiger charge is -2.43. The summed E-state index contributed by atoms with van der Waals surface area (Å²) < 4.78 is 5.61. The molecule has 31 heavy (non-hydrogen) atoms. The monoisotopic (exact) mass is 420 g/mol. The van der Waals surface area contributed by atoms with Crippen LogP contribution >= 0.6 is 0 Å². The smallest absolute Gasteiger partial charge is 0.226 e. The van der Waals surface area contributed by atoms with Crippen LogP contribution in [0.3, 0.4) is 0 Å². The second-order valence-corrected chi connectivity index (χ2v) is 9.35. The molecule has 2 heterocycles. The fourth-order valence-electron chi connectivity index (χ4n) is 5.39. The number of amides is 1. The van der Waals surface area contributed by atoms with Crippen molar-refractivity contribution in [2.24, 2.45) is 11.8 Å². The van der Waals surface area contributed by atoms with Gasteiger partial charge >= 0.3 is 0 Å². The Kier molecular flexibility index (Phi) is 6.96. The van der Waals surface area contributed by atoms with E-state index in [1.807, 2.05) is 6.07 Å². The van der Waals surface area contributed by atoms with Crippen molar-refractivity contribution < 1.29 is 9.53 Å². The van der Waals surface area contributed by atoms with Crippen molar-refractivity contribution in [1.82, 2.24) is 9.80 Å². The van der Waals surface area contributed by atoms with E-state index in [0.717, 1.165) is 57.6 Å². The van der Waals surface area contributed by atoms with Crippen LogP contribution in [0.1, 0.15) is 49.4 Å². The second kappa shape index (κ2) is 9.86. The van der Waals surface area contributed by atoms with Crippen LogP contribution < -0.4 is 4.74 Å². The zero-order valence-corrected chi connectivity index (χ0v) is 19.2. The summed E-state index contributed by atoms with van der Waals surface area (Å²) in [4.78, 5) is 18.3. The fraction of sp³-hybridized carbons (Fsp3) is 0.519. The van der Waals surface area contributed by atoms with Crippen LogP contribution in [0.15, 0.2) is 48.5 Å². The molecular formula is C27H36N2O2. The molecule has 0 radical (unpaired) electrons. The second-order valence-electron chi connectivity index (χ2n) is 9.35. The van der Waals surface area contributed by atoms with Crippen molar-refractivity contribution in [3.05, 3.63) is 65.2 Å². The maximum absolute atomic E-state index is 13.6. The van der Waals surface area contributed by atoms with Crippen LogP contribution in [0, 0.1) is 11.8 Å². The van der Waals surface area contributed by atoms with E-state index in [1.54, 1.807) is 7.11 Å². The topological polar surface area (TPSA) is 32.8 Å². The number of rotatable bonds is 6. The molecule has 2 aliphatic heterocycles. The first-order valence-corrected chi connectivity index (χ1v) is 11.8. The summed E-state index contributed by atoms with van der Waals surface area (Å²) in [6.07, 6.45) is 3.91. The van der Waals surface area contributed by atoms with Gasteiger partial charge in [0.15, 0.2) is 0 Å². The van der Waals surface area contributed by atoms with Gasteiger partial charge < -0.3 is 14.5 Å². The Morgan fingerprint density at radius 1 is 1.03 bits per heavy atom. The third-order valence-electron chi connectivity index (χ3n) is 7.06. The van der Waals surface area contributed by atoms with Gasteiger partial charge in [-0.05, 0) is 61.9 Å². The third kappa shape index (κ3) is 4.79. The minimum Gasteiger partial charge on any atom is -0.496 e. The number of fused-ring (bicyclic) bond motifs is 1. The highest BCUT2D eigenvalue weighted by Gasteiger charge is 2.37. The molecule has 1 atom stereocenters. The molecular weight excluding hydrogens is 384 g/mol. The molecule has 0 bridgehead atoms. The summed E-state index contributed by atoms with van der Waals surface area (Å²) in [6, 6.07) is 17.1. The lowest BCUT2D eigenvalue weighted by Crippen LogP contribution is -2.47. The number of carbonyl (C=O) groups excluding carboxylic acids is 1. The minimum atomic E-state index is 0.141. The van der Waals surface area contributed by atoms with Crippen molar-refractivity contribution in [1.29, 1.82) is 0 Å². The van der Waals surface area contributed by atoms with Gasteiger partial charge in [0.25, 0.3) is 0 Å². The maximum Gasteiger partial charge on any atom is 0.226 e. The number of likely N-dealkylation sites (tertiary alicyclic amines) is 1. The largest absolute Gasteiger partial charge is 0.496 e. The number of carbonyl (C=O) groups is 1. The average Bonchev–Trinajstić information content (AvgIpc) is 2.82. The first kappa shape index (κ1) is 21.9. The van der Waals surface area contributed by atoms with E-state index < -0.39 is 0 Å². The van der Waals surface area contributed by atoms with Gasteiger partial charge in [0.05, 0.1) is 13.2 Å². The van der Waals surface area contributed by atoms with Gasteiger partial charge in [0.2, 0.25) is 5.91 Å². The first-order valence-electron chi connectivity index (χ1n) is 11.8. The maximum atomic E-state index is 13.6. The van der Waals surface area contributed by atoms with Gasteiger partial charge in [-0.2, -0.15) is 0 Å². The molecule has 4 heteroatoms. The Labute approximate surface area is 187 Å². The van der Waals surface area contributed by atoms with E-state index in [-0.39, 0.29) is 12.0 Å². The molecule has 166 valence electrons. The first-order chi connectivity index (χ1) is 15.1. The summed E-state index contributed by atoms with van der Waals surface area (Å²) in [7, 11) is 1.74. The summed E-state index contributed by atoms with van der Waals surface area (Å²) in [6.45, 7) is 8.37. The standard InChI is InChI=1S/C27H36N2O2/c1-20(2)26-24-10-7-11-25(31-3)23(24)15-19-29(26)27(30)22-13-17-28(18-14-22)16-12-21-8-5-4-6-9-21/h4-11,20,22,26H,12-19H2,1-3H3. The highest BCUT2D eigenvalue weighted by atomic mass is 16.5. The van der Waals surface area contributed by atoms with Crippen LogP contribution in [0.2, 0.25) is 0 Å². The fourth-order valence-corrected chi connectivity index (χ4v) is 5.39. The van der Waals surface area contributed by atoms with E-state index in [1.165, 1.54) is 16.7 Å². The molecule has 0 aromatic heterocycles. The molecule has 0 spiro atoms. The zero-order chi connectivity index (χ0) is 21.8. The molecule has 4 nitrogen and oxygen atoms in total. The van der Waals surface area contributed by atoms with Crippen LogP contribution in [-0.4, -0.2) is 49.0 Å². The summed E-state index contributed by atoms with van der Waals surface area (Å²) in [5.74, 6) is 1.85. The lowest BCUT2D eigenvalue weighted by molar-refractivity contribution is -0.141. The molecule has 2 aromatic rings. The van der Waals surface area contributed by atoms with Crippen LogP contribution in [-0.2, 0) is 17.6 Å². The van der Waals surface area contributed by atoms with Gasteiger partial charge in [-0.3, -0.25) is 4.79 Å². The highest BCUT2D eigenvalue weighted by molar-refractivity contribution is 5.80. The third-order valence-corrected chi connectivity index (χ3v) is 7.06. The summed E-state index contributed by atoms with van der Waals surface area (Å²) in [5, 5.41) is 0. The number of hydrogen-bond donors (Lipinski definition) is 0. The molecule has 1 saturated heterocycles. The van der Waals surface area contributed by atoms with Crippen molar-refractivity contribution in [3.8, 4) is 5.75 Å². The molecule has 0 saturated carbocycles. The molecule has 2 aromatic carbocycles. The van der Waals surface area contributed by atoms with Crippen molar-refractivity contribution in [2.75, 3.05) is 33.3 Å². The SMILES string of the molecule is COc1cccc2c1CCN(C(=O)C1CCN(CCc3ccccc3)CC1)C2C(C)C. The van der Waals surface area contributed by atoms with Crippen LogP contribution in [0.4, 0.5) is 0 Å². The highest BCUT2D eigenvalue weighted by Crippen LogP contribution is 2.40. The Morgan fingerprint density at radius 2 is 1.77 bits per heavy atom. The molecule has 0 aliphatic carbocycles. The predicted octanol–water partition coefficient (Wildman–Crippen LogP) is 4.73. The van der Waals surface area contributed by atoms with Crippen molar-refractivity contribution in [2.45, 2.75) is 45.6 Å². The number of piperidine rings is 1. The number of methoxy groups -OCH3 is 1. The van der Waals surface area contributed by atoms with Crippen molar-refractivity contribution >= 4 is 5.91 Å². The van der Waals surface area contributed by atoms with E-state index in [2.05, 4.69) is 66.1 Å². The summed E-state index contributed by atoms with van der Waals surface area (Å²) in [5.41, 5.74) is 3.95. The molecule has 1 fully saturated rings. The number of ether oxygens (including phenoxy) is 1. The number of benzene rings is 2. The Morgan fingerprint density at radius 3 is 2.45 bits per heavy atom. The average molecular weight is 421 g/mol. The predicted molar refractivity (Wildman–Crippen MR) is 125 cm³/mol. The van der Waals surface area contributed by atoms with Crippen LogP contribution in [0.25, 0.3) is 0 Å². The van der Waals surface area contributed by atoms with Gasteiger partial charge in [-0.1, -0.05) is 56.3 Å². The summed E-state index contributed by atoms with van der Waals surface area (Å²) >= 11 is 0. The lowest BCUT2D eigenvalue weighted by atomic mass is 9.84. The minimum absolute atomic E-state index is 0.141. The van der Waals surface area contributed by atoms with E-state index in [9.17, 15) is 4.79 Å². The van der Waals surface area contributed by atoms with Gasteiger partial charge in [-0.25, -0.2) is 0 Å². The Hall–Kier alpha value is -2.33. The van der Waals surface area contributed by atoms with Gasteiger partial charge in [-0.15, -0.1) is 0 Å². The normalized spacial score (nSPS) is 20.0. The van der Waals surface area contributed by atoms with E-state index in [4.69, 9.17) is 4.74 Å². The number of hydrogen-bond acceptors (Lipinski definition) is 3. The van der Waals surface area contributed by atoms with Crippen LogP contribution in [0.5, 0.6) is 5.75 Å². The van der Waals surface area contributed by atoms with E-state index >= 15 is 0 Å². The molecule has 4 rings (SSSR count). The van der Waals surface area contributed by atoms with E-state index in [0.29, 0.717) is 11.8 Å².